The van der Waals surface area contributed by atoms with Crippen molar-refractivity contribution in [1.29, 1.82) is 0 Å². The third-order valence-corrected chi connectivity index (χ3v) is 5.95. The molecule has 1 aliphatic heterocycles. The Morgan fingerprint density at radius 3 is 2.52 bits per heavy atom. The molecule has 2 aliphatic rings. The van der Waals surface area contributed by atoms with Crippen molar-refractivity contribution in [2.45, 2.75) is 77.8 Å². The summed E-state index contributed by atoms with van der Waals surface area (Å²) in [7, 11) is 0. The topological polar surface area (TPSA) is 67.9 Å². The molecule has 0 bridgehead atoms. The van der Waals surface area contributed by atoms with E-state index in [9.17, 15) is 9.18 Å². The number of benzene rings is 1. The minimum absolute atomic E-state index is 0.0519. The predicted octanol–water partition coefficient (Wildman–Crippen LogP) is 5.10. The number of hydrogen-bond donors (Lipinski definition) is 1. The van der Waals surface area contributed by atoms with Gasteiger partial charge in [-0.05, 0) is 68.9 Å². The van der Waals surface area contributed by atoms with Crippen molar-refractivity contribution in [3.63, 3.8) is 0 Å². The van der Waals surface area contributed by atoms with Gasteiger partial charge in [0.1, 0.15) is 18.2 Å². The summed E-state index contributed by atoms with van der Waals surface area (Å²) in [6.07, 6.45) is 11.2. The average Bonchev–Trinajstić information content (AvgIpc) is 3.30. The van der Waals surface area contributed by atoms with Gasteiger partial charge in [-0.3, -0.25) is 9.79 Å². The van der Waals surface area contributed by atoms with Crippen LogP contribution in [-0.4, -0.2) is 42.3 Å². The predicted molar refractivity (Wildman–Crippen MR) is 125 cm³/mol. The summed E-state index contributed by atoms with van der Waals surface area (Å²) in [6, 6.07) is 5.45. The molecule has 0 spiro atoms. The number of rotatable bonds is 7. The number of carbonyl (C=O) groups excluding carboxylic acids is 1. The molecule has 1 saturated carbocycles. The number of likely N-dealkylation sites (tertiary alicyclic amines) is 1. The fraction of sp³-hybridized carbons (Fsp3) is 0.600. The quantitative estimate of drug-likeness (QED) is 0.611. The molecule has 1 aromatic carbocycles. The molecular formula is C25H38FN3O2. The largest absolute Gasteiger partial charge is 0.489 e. The molecular weight excluding hydrogens is 393 g/mol. The molecule has 1 aliphatic carbocycles. The highest BCUT2D eigenvalue weighted by atomic mass is 19.1. The van der Waals surface area contributed by atoms with Crippen LogP contribution in [0.5, 0.6) is 5.75 Å². The molecule has 1 saturated heterocycles. The lowest BCUT2D eigenvalue weighted by molar-refractivity contribution is -0.134. The van der Waals surface area contributed by atoms with Crippen molar-refractivity contribution in [3.05, 3.63) is 41.9 Å². The minimum atomic E-state index is -0.418. The average molecular weight is 432 g/mol. The Labute approximate surface area is 186 Å². The summed E-state index contributed by atoms with van der Waals surface area (Å²) in [5.41, 5.74) is 7.22. The van der Waals surface area contributed by atoms with Gasteiger partial charge in [0, 0.05) is 12.8 Å². The van der Waals surface area contributed by atoms with Crippen molar-refractivity contribution < 1.29 is 13.9 Å². The van der Waals surface area contributed by atoms with Crippen LogP contribution in [0.3, 0.4) is 0 Å². The number of ether oxygens (including phenoxy) is 1. The maximum absolute atomic E-state index is 13.1. The number of halogens is 1. The van der Waals surface area contributed by atoms with Gasteiger partial charge < -0.3 is 15.4 Å². The first-order chi connectivity index (χ1) is 15.1. The highest BCUT2D eigenvalue weighted by Gasteiger charge is 2.36. The molecule has 3 rings (SSSR count). The zero-order valence-corrected chi connectivity index (χ0v) is 19.2. The molecule has 2 atom stereocenters. The molecule has 2 unspecified atom stereocenters. The van der Waals surface area contributed by atoms with Crippen LogP contribution in [0.2, 0.25) is 0 Å². The molecule has 31 heavy (non-hydrogen) atoms. The maximum atomic E-state index is 13.1. The van der Waals surface area contributed by atoms with Gasteiger partial charge in [0.15, 0.2) is 0 Å². The molecule has 5 nitrogen and oxygen atoms in total. The van der Waals surface area contributed by atoms with E-state index < -0.39 is 6.04 Å². The minimum Gasteiger partial charge on any atom is -0.489 e. The van der Waals surface area contributed by atoms with Gasteiger partial charge >= 0.3 is 0 Å². The van der Waals surface area contributed by atoms with E-state index in [0.717, 1.165) is 37.9 Å². The molecule has 1 amide bonds. The first-order valence-electron chi connectivity index (χ1n) is 11.7. The Bertz CT molecular complexity index is 727. The summed E-state index contributed by atoms with van der Waals surface area (Å²) >= 11 is 0. The monoisotopic (exact) mass is 431 g/mol. The summed E-state index contributed by atoms with van der Waals surface area (Å²) in [4.78, 5) is 19.6. The lowest BCUT2D eigenvalue weighted by atomic mass is 9.83. The summed E-state index contributed by atoms with van der Waals surface area (Å²) in [6.45, 7) is 6.90. The number of amides is 1. The summed E-state index contributed by atoms with van der Waals surface area (Å²) < 4.78 is 18.7. The Balaban J connectivity index is 0.00000166. The van der Waals surface area contributed by atoms with Gasteiger partial charge in [0.05, 0.1) is 17.8 Å². The second-order valence-electron chi connectivity index (χ2n) is 7.89. The molecule has 1 aromatic rings. The van der Waals surface area contributed by atoms with Crippen molar-refractivity contribution in [1.82, 2.24) is 4.90 Å². The first-order valence-corrected chi connectivity index (χ1v) is 11.7. The summed E-state index contributed by atoms with van der Waals surface area (Å²) in [5.74, 6) is 0.650. The number of nitrogens with zero attached hydrogens (tertiary/aromatic N) is 2. The van der Waals surface area contributed by atoms with Crippen LogP contribution in [-0.2, 0) is 4.79 Å². The standard InChI is InChI=1S/C23H32FN3O2.C2H6/c1-2-26-20(14-16-29-19-12-10-18(24)11-13-19)21-9-6-15-27(21)23(28)22(25)17-7-4-3-5-8-17;1-2/h2,10-14,17,21-22H,3-9,15-16,25H2,1H3;1-2H3/b20-14-,26-2?;. The molecule has 0 radical (unpaired) electrons. The Morgan fingerprint density at radius 2 is 1.87 bits per heavy atom. The van der Waals surface area contributed by atoms with Crippen LogP contribution in [0.15, 0.2) is 41.0 Å². The maximum Gasteiger partial charge on any atom is 0.240 e. The van der Waals surface area contributed by atoms with E-state index in [1.165, 1.54) is 31.4 Å². The van der Waals surface area contributed by atoms with Crippen LogP contribution >= 0.6 is 0 Å². The number of carbonyl (C=O) groups is 1. The summed E-state index contributed by atoms with van der Waals surface area (Å²) in [5, 5.41) is 0. The smallest absolute Gasteiger partial charge is 0.240 e. The molecule has 2 fully saturated rings. The Kier molecular flexibility index (Phi) is 10.7. The van der Waals surface area contributed by atoms with E-state index in [2.05, 4.69) is 4.99 Å². The van der Waals surface area contributed by atoms with Gasteiger partial charge in [-0.1, -0.05) is 33.1 Å². The first kappa shape index (κ1) is 25.1. The van der Waals surface area contributed by atoms with Crippen LogP contribution in [0.1, 0.15) is 65.7 Å². The Hall–Kier alpha value is -2.21. The van der Waals surface area contributed by atoms with Gasteiger partial charge in [-0.15, -0.1) is 0 Å². The van der Waals surface area contributed by atoms with Gasteiger partial charge in [0.2, 0.25) is 5.91 Å². The molecule has 172 valence electrons. The van der Waals surface area contributed by atoms with Crippen LogP contribution in [0.4, 0.5) is 4.39 Å². The van der Waals surface area contributed by atoms with Crippen molar-refractivity contribution in [2.75, 3.05) is 13.2 Å². The SMILES string of the molecule is CC.CC=N/C(=C\COc1ccc(F)cc1)C1CCCN1C(=O)C(N)C1CCCCC1. The fourth-order valence-electron chi connectivity index (χ4n) is 4.40. The molecule has 0 aromatic heterocycles. The van der Waals surface area contributed by atoms with Gasteiger partial charge in [0.25, 0.3) is 0 Å². The van der Waals surface area contributed by atoms with E-state index in [-0.39, 0.29) is 17.8 Å². The van der Waals surface area contributed by atoms with Crippen molar-refractivity contribution >= 4 is 12.1 Å². The second-order valence-corrected chi connectivity index (χ2v) is 7.89. The zero-order valence-electron chi connectivity index (χ0n) is 19.2. The second kappa shape index (κ2) is 13.3. The highest BCUT2D eigenvalue weighted by Crippen LogP contribution is 2.30. The third-order valence-electron chi connectivity index (χ3n) is 5.95. The van der Waals surface area contributed by atoms with Crippen LogP contribution in [0, 0.1) is 11.7 Å². The lowest BCUT2D eigenvalue weighted by Crippen LogP contribution is -2.50. The third kappa shape index (κ3) is 7.17. The fourth-order valence-corrected chi connectivity index (χ4v) is 4.40. The van der Waals surface area contributed by atoms with Gasteiger partial charge in [-0.25, -0.2) is 4.39 Å². The normalized spacial score (nSPS) is 21.0. The molecule has 2 N–H and O–H groups in total. The molecule has 6 heteroatoms. The van der Waals surface area contributed by atoms with Crippen molar-refractivity contribution in [2.24, 2.45) is 16.6 Å². The van der Waals surface area contributed by atoms with E-state index in [4.69, 9.17) is 10.5 Å². The molecule has 1 heterocycles. The van der Waals surface area contributed by atoms with Crippen LogP contribution in [0.25, 0.3) is 0 Å². The van der Waals surface area contributed by atoms with E-state index in [1.807, 2.05) is 31.7 Å². The highest BCUT2D eigenvalue weighted by molar-refractivity contribution is 5.83. The number of nitrogens with two attached hydrogens (primary N) is 1. The van der Waals surface area contributed by atoms with Crippen molar-refractivity contribution in [3.8, 4) is 5.75 Å². The zero-order chi connectivity index (χ0) is 22.6. The van der Waals surface area contributed by atoms with E-state index in [1.54, 1.807) is 18.3 Å². The number of aliphatic imine (C=N–C) groups is 1. The lowest BCUT2D eigenvalue weighted by Gasteiger charge is -2.32. The van der Waals surface area contributed by atoms with E-state index in [0.29, 0.717) is 18.3 Å². The number of hydrogen-bond acceptors (Lipinski definition) is 4. The Morgan fingerprint density at radius 1 is 1.19 bits per heavy atom. The van der Waals surface area contributed by atoms with E-state index >= 15 is 0 Å². The van der Waals surface area contributed by atoms with Crippen LogP contribution < -0.4 is 10.5 Å². The van der Waals surface area contributed by atoms with Gasteiger partial charge in [-0.2, -0.15) is 0 Å².